The third-order valence-corrected chi connectivity index (χ3v) is 1.80. The third-order valence-electron chi connectivity index (χ3n) is 1.80. The predicted octanol–water partition coefficient (Wildman–Crippen LogP) is -0.976. The molecule has 0 spiro atoms. The topological polar surface area (TPSA) is 0 Å². The Balaban J connectivity index is 0. The zero-order valence-corrected chi connectivity index (χ0v) is 9.07. The average Bonchev–Trinajstić information content (AvgIpc) is 2.14. The van der Waals surface area contributed by atoms with E-state index in [1.54, 1.807) is 0 Å². The van der Waals surface area contributed by atoms with E-state index >= 15 is 0 Å². The van der Waals surface area contributed by atoms with Gasteiger partial charge in [-0.15, -0.1) is 0 Å². The molecule has 0 aromatic carbocycles. The standard InChI is InChI=1S/C7H13.BrH.Mg/c1-2-7-5-3-4-6-7;;/h5,7H,2-4,6H2,1H3;1H;/q-1;;+2/p-1. The van der Waals surface area contributed by atoms with Crippen molar-refractivity contribution in [3.63, 3.8) is 0 Å². The van der Waals surface area contributed by atoms with Crippen LogP contribution in [0.4, 0.5) is 0 Å². The zero-order valence-electron chi connectivity index (χ0n) is 6.07. The van der Waals surface area contributed by atoms with Gasteiger partial charge in [0, 0.05) is 0 Å². The fourth-order valence-electron chi connectivity index (χ4n) is 1.22. The zero-order chi connectivity index (χ0) is 5.11. The number of halogens is 1. The Morgan fingerprint density at radius 3 is 2.44 bits per heavy atom. The summed E-state index contributed by atoms with van der Waals surface area (Å²) in [6.07, 6.45) is 8.09. The van der Waals surface area contributed by atoms with E-state index in [1.165, 1.54) is 25.7 Å². The second-order valence-corrected chi connectivity index (χ2v) is 2.33. The molecule has 0 saturated heterocycles. The van der Waals surface area contributed by atoms with Crippen molar-refractivity contribution < 1.29 is 17.0 Å². The van der Waals surface area contributed by atoms with Crippen LogP contribution in [0.25, 0.3) is 0 Å². The van der Waals surface area contributed by atoms with Crippen molar-refractivity contribution in [1.29, 1.82) is 0 Å². The van der Waals surface area contributed by atoms with E-state index in [2.05, 4.69) is 13.3 Å². The molecule has 0 nitrogen and oxygen atoms in total. The summed E-state index contributed by atoms with van der Waals surface area (Å²) in [5, 5.41) is 0. The molecule has 1 aliphatic carbocycles. The van der Waals surface area contributed by atoms with Crippen LogP contribution >= 0.6 is 0 Å². The van der Waals surface area contributed by atoms with Crippen LogP contribution in [0.3, 0.4) is 0 Å². The molecule has 1 fully saturated rings. The molecule has 50 valence electrons. The van der Waals surface area contributed by atoms with Gasteiger partial charge >= 0.3 is 23.1 Å². The first-order valence-corrected chi connectivity index (χ1v) is 3.27. The quantitative estimate of drug-likeness (QED) is 0.378. The van der Waals surface area contributed by atoms with Crippen molar-refractivity contribution in [3.05, 3.63) is 6.42 Å². The van der Waals surface area contributed by atoms with E-state index in [9.17, 15) is 0 Å². The summed E-state index contributed by atoms with van der Waals surface area (Å²) < 4.78 is 0. The van der Waals surface area contributed by atoms with Crippen LogP contribution < -0.4 is 17.0 Å². The van der Waals surface area contributed by atoms with E-state index in [0.717, 1.165) is 5.92 Å². The first kappa shape index (κ1) is 12.9. The molecule has 0 aromatic heterocycles. The van der Waals surface area contributed by atoms with Crippen LogP contribution in [0.2, 0.25) is 0 Å². The Kier molecular flexibility index (Phi) is 10.5. The van der Waals surface area contributed by atoms with Crippen LogP contribution in [-0.2, 0) is 0 Å². The Hall–Kier alpha value is 1.25. The molecular weight excluding hydrogens is 188 g/mol. The van der Waals surface area contributed by atoms with Crippen molar-refractivity contribution in [2.45, 2.75) is 32.6 Å². The van der Waals surface area contributed by atoms with E-state index in [0.29, 0.717) is 0 Å². The Morgan fingerprint density at radius 1 is 1.56 bits per heavy atom. The van der Waals surface area contributed by atoms with Crippen molar-refractivity contribution in [2.75, 3.05) is 0 Å². The molecule has 0 aliphatic heterocycles. The second-order valence-electron chi connectivity index (χ2n) is 2.33. The molecule has 0 N–H and O–H groups in total. The SMILES string of the molecule is CCC1[CH-]CCC1.[Br-].[Mg+2]. The van der Waals surface area contributed by atoms with Gasteiger partial charge in [0.1, 0.15) is 0 Å². The Morgan fingerprint density at radius 2 is 2.22 bits per heavy atom. The number of hydrogen-bond acceptors (Lipinski definition) is 0. The second kappa shape index (κ2) is 7.35. The molecule has 2 heteroatoms. The Bertz CT molecular complexity index is 50.9. The molecule has 1 saturated carbocycles. The third kappa shape index (κ3) is 4.62. The monoisotopic (exact) mass is 200 g/mol. The largest absolute Gasteiger partial charge is 2.00 e. The van der Waals surface area contributed by atoms with Gasteiger partial charge in [-0.1, -0.05) is 26.2 Å². The molecule has 9 heavy (non-hydrogen) atoms. The molecular formula is C7H13BrMg. The minimum absolute atomic E-state index is 0. The average molecular weight is 201 g/mol. The van der Waals surface area contributed by atoms with E-state index in [4.69, 9.17) is 0 Å². The summed E-state index contributed by atoms with van der Waals surface area (Å²) in [6, 6.07) is 0. The minimum atomic E-state index is 0. The normalized spacial score (nSPS) is 24.3. The van der Waals surface area contributed by atoms with Gasteiger partial charge in [-0.3, -0.25) is 0 Å². The fraction of sp³-hybridized carbons (Fsp3) is 0.857. The minimum Gasteiger partial charge on any atom is -1.00 e. The molecule has 0 aromatic rings. The van der Waals surface area contributed by atoms with E-state index in [-0.39, 0.29) is 40.0 Å². The molecule has 0 heterocycles. The molecule has 0 bridgehead atoms. The fourth-order valence-corrected chi connectivity index (χ4v) is 1.22. The molecule has 1 aliphatic rings. The smallest absolute Gasteiger partial charge is 1.00 e. The summed E-state index contributed by atoms with van der Waals surface area (Å²) >= 11 is 0. The van der Waals surface area contributed by atoms with Crippen LogP contribution in [0.15, 0.2) is 0 Å². The van der Waals surface area contributed by atoms with Gasteiger partial charge in [0.2, 0.25) is 0 Å². The van der Waals surface area contributed by atoms with E-state index < -0.39 is 0 Å². The maximum absolute atomic E-state index is 2.46. The van der Waals surface area contributed by atoms with Crippen molar-refractivity contribution >= 4 is 23.1 Å². The van der Waals surface area contributed by atoms with Crippen LogP contribution in [0, 0.1) is 12.3 Å². The summed E-state index contributed by atoms with van der Waals surface area (Å²) in [5.74, 6) is 0.972. The summed E-state index contributed by atoms with van der Waals surface area (Å²) in [4.78, 5) is 0. The first-order chi connectivity index (χ1) is 3.43. The van der Waals surface area contributed by atoms with Gasteiger partial charge < -0.3 is 23.4 Å². The summed E-state index contributed by atoms with van der Waals surface area (Å²) in [6.45, 7) is 2.27. The van der Waals surface area contributed by atoms with Gasteiger partial charge in [0.05, 0.1) is 0 Å². The van der Waals surface area contributed by atoms with Crippen LogP contribution in [0.5, 0.6) is 0 Å². The molecule has 0 amide bonds. The molecule has 0 radical (unpaired) electrons. The van der Waals surface area contributed by atoms with Gasteiger partial charge in [0.15, 0.2) is 0 Å². The molecule has 1 unspecified atom stereocenters. The van der Waals surface area contributed by atoms with Crippen molar-refractivity contribution in [1.82, 2.24) is 0 Å². The molecule has 1 rings (SSSR count). The summed E-state index contributed by atoms with van der Waals surface area (Å²) in [7, 11) is 0. The Labute approximate surface area is 84.7 Å². The van der Waals surface area contributed by atoms with Crippen molar-refractivity contribution in [3.8, 4) is 0 Å². The van der Waals surface area contributed by atoms with Gasteiger partial charge in [-0.25, -0.2) is 0 Å². The maximum atomic E-state index is 2.46. The van der Waals surface area contributed by atoms with Crippen molar-refractivity contribution in [2.24, 2.45) is 5.92 Å². The van der Waals surface area contributed by atoms with Gasteiger partial charge in [0.25, 0.3) is 0 Å². The predicted molar refractivity (Wildman–Crippen MR) is 37.7 cm³/mol. The number of hydrogen-bond donors (Lipinski definition) is 0. The van der Waals surface area contributed by atoms with Crippen LogP contribution in [0.1, 0.15) is 32.6 Å². The number of rotatable bonds is 1. The summed E-state index contributed by atoms with van der Waals surface area (Å²) in [5.41, 5.74) is 0. The molecule has 1 atom stereocenters. The van der Waals surface area contributed by atoms with Gasteiger partial charge in [-0.05, 0) is 0 Å². The van der Waals surface area contributed by atoms with Gasteiger partial charge in [-0.2, -0.15) is 12.3 Å². The first-order valence-electron chi connectivity index (χ1n) is 3.27. The van der Waals surface area contributed by atoms with Crippen LogP contribution in [-0.4, -0.2) is 23.1 Å². The van der Waals surface area contributed by atoms with E-state index in [1.807, 2.05) is 0 Å². The maximum Gasteiger partial charge on any atom is 2.00 e.